The molecule has 0 radical (unpaired) electrons. The highest BCUT2D eigenvalue weighted by Crippen LogP contribution is 2.42. The van der Waals surface area contributed by atoms with Crippen molar-refractivity contribution in [3.8, 4) is 0 Å². The van der Waals surface area contributed by atoms with E-state index in [4.69, 9.17) is 4.55 Å². The summed E-state index contributed by atoms with van der Waals surface area (Å²) in [4.78, 5) is 24.8. The molecule has 0 heterocycles. The summed E-state index contributed by atoms with van der Waals surface area (Å²) in [6.07, 6.45) is -7.09. The van der Waals surface area contributed by atoms with E-state index in [1.807, 2.05) is 0 Å². The second-order valence-electron chi connectivity index (χ2n) is 8.51. The lowest BCUT2D eigenvalue weighted by molar-refractivity contribution is -0.357. The van der Waals surface area contributed by atoms with Crippen LogP contribution in [0, 0.1) is 11.8 Å². The monoisotopic (exact) mass is 548 g/mol. The molecule has 1 aliphatic rings. The molecule has 8 nitrogen and oxygen atoms in total. The minimum atomic E-state index is -6.55. The molecule has 206 valence electrons. The minimum Gasteiger partial charge on any atom is -0.460 e. The molecule has 0 aromatic heterocycles. The number of halogens is 7. The SMILES string of the molecule is CC(C)COC(=O)C(OCCCC(F)(F)C(F)(F)S(=O)(=O)O)(OC(=O)C1CCCCC1)C(F)(F)F. The zero-order valence-corrected chi connectivity index (χ0v) is 19.7. The number of alkyl halides is 7. The Morgan fingerprint density at radius 3 is 2.00 bits per heavy atom. The molecule has 1 N–H and O–H groups in total. The van der Waals surface area contributed by atoms with Crippen molar-refractivity contribution < 1.29 is 67.5 Å². The molecule has 0 bridgehead atoms. The van der Waals surface area contributed by atoms with Gasteiger partial charge in [0.2, 0.25) is 0 Å². The predicted molar refractivity (Wildman–Crippen MR) is 104 cm³/mol. The van der Waals surface area contributed by atoms with Crippen molar-refractivity contribution in [1.82, 2.24) is 0 Å². The first-order chi connectivity index (χ1) is 15.8. The molecule has 1 aliphatic carbocycles. The van der Waals surface area contributed by atoms with E-state index in [1.165, 1.54) is 13.8 Å². The van der Waals surface area contributed by atoms with E-state index in [9.17, 15) is 48.7 Å². The number of hydrogen-bond donors (Lipinski definition) is 1. The van der Waals surface area contributed by atoms with E-state index in [2.05, 4.69) is 14.2 Å². The predicted octanol–water partition coefficient (Wildman–Crippen LogP) is 4.48. The fourth-order valence-corrected chi connectivity index (χ4v) is 3.61. The van der Waals surface area contributed by atoms with E-state index < -0.39 is 83.1 Å². The standard InChI is InChI=1S/C19H27F7O8S/c1-12(2)11-32-15(28)17(18(22,23)24,34-14(27)13-7-4-3-5-8-13)33-10-6-9-16(20,21)19(25,26)35(29,30)31/h12-13H,3-11H2,1-2H3,(H,29,30,31). The van der Waals surface area contributed by atoms with E-state index >= 15 is 0 Å². The van der Waals surface area contributed by atoms with Gasteiger partial charge in [-0.25, -0.2) is 4.79 Å². The van der Waals surface area contributed by atoms with E-state index in [0.717, 1.165) is 6.42 Å². The number of carbonyl (C=O) groups is 2. The van der Waals surface area contributed by atoms with Crippen LogP contribution in [0.1, 0.15) is 58.8 Å². The smallest absolute Gasteiger partial charge is 0.460 e. The van der Waals surface area contributed by atoms with Crippen molar-refractivity contribution in [2.45, 2.75) is 81.9 Å². The molecule has 0 aromatic carbocycles. The summed E-state index contributed by atoms with van der Waals surface area (Å²) in [5.41, 5.74) is 0. The number of hydrogen-bond acceptors (Lipinski definition) is 7. The molecule has 0 saturated heterocycles. The van der Waals surface area contributed by atoms with Gasteiger partial charge < -0.3 is 14.2 Å². The summed E-state index contributed by atoms with van der Waals surface area (Å²) in [5.74, 6) is -14.9. The van der Waals surface area contributed by atoms with Crippen LogP contribution in [-0.4, -0.2) is 61.3 Å². The first-order valence-corrected chi connectivity index (χ1v) is 12.1. The molecule has 0 aromatic rings. The largest absolute Gasteiger partial charge is 0.468 e. The Labute approximate surface area is 197 Å². The first kappa shape index (κ1) is 31.4. The van der Waals surface area contributed by atoms with Gasteiger partial charge in [0, 0.05) is 6.42 Å². The van der Waals surface area contributed by atoms with Crippen LogP contribution >= 0.6 is 0 Å². The van der Waals surface area contributed by atoms with Crippen molar-refractivity contribution in [2.75, 3.05) is 13.2 Å². The summed E-state index contributed by atoms with van der Waals surface area (Å²) in [6, 6.07) is 0. The molecule has 16 heteroatoms. The van der Waals surface area contributed by atoms with Gasteiger partial charge in [-0.1, -0.05) is 33.1 Å². The quantitative estimate of drug-likeness (QED) is 0.125. The minimum absolute atomic E-state index is 0.171. The highest BCUT2D eigenvalue weighted by Gasteiger charge is 2.68. The summed E-state index contributed by atoms with van der Waals surface area (Å²) in [7, 11) is -6.55. The van der Waals surface area contributed by atoms with Crippen LogP contribution in [0.2, 0.25) is 0 Å². The lowest BCUT2D eigenvalue weighted by Gasteiger charge is -2.34. The number of rotatable bonds is 12. The average Bonchev–Trinajstić information content (AvgIpc) is 2.72. The lowest BCUT2D eigenvalue weighted by Crippen LogP contribution is -2.59. The van der Waals surface area contributed by atoms with Crippen molar-refractivity contribution >= 4 is 22.1 Å². The number of esters is 2. The molecule has 1 rings (SSSR count). The molecule has 0 spiro atoms. The van der Waals surface area contributed by atoms with Gasteiger partial charge in [0.05, 0.1) is 19.1 Å². The van der Waals surface area contributed by atoms with Crippen molar-refractivity contribution in [1.29, 1.82) is 0 Å². The van der Waals surface area contributed by atoms with E-state index in [0.29, 0.717) is 12.8 Å². The summed E-state index contributed by atoms with van der Waals surface area (Å²) in [5, 5.41) is -5.94. The van der Waals surface area contributed by atoms with E-state index in [-0.39, 0.29) is 12.8 Å². The molecule has 1 fully saturated rings. The summed E-state index contributed by atoms with van der Waals surface area (Å²) in [6.45, 7) is 0.912. The third kappa shape index (κ3) is 7.65. The fraction of sp³-hybridized carbons (Fsp3) is 0.895. The Hall–Kier alpha value is -1.68. The number of carbonyl (C=O) groups excluding carboxylic acids is 2. The molecular weight excluding hydrogens is 521 g/mol. The molecule has 1 unspecified atom stereocenters. The Morgan fingerprint density at radius 1 is 1.00 bits per heavy atom. The maximum atomic E-state index is 14.0. The zero-order valence-electron chi connectivity index (χ0n) is 18.9. The van der Waals surface area contributed by atoms with Gasteiger partial charge in [-0.3, -0.25) is 9.35 Å². The average molecular weight is 548 g/mol. The second kappa shape index (κ2) is 11.6. The van der Waals surface area contributed by atoms with Crippen molar-refractivity contribution in [2.24, 2.45) is 11.8 Å². The van der Waals surface area contributed by atoms with Crippen molar-refractivity contribution in [3.63, 3.8) is 0 Å². The third-order valence-corrected chi connectivity index (χ3v) is 6.01. The van der Waals surface area contributed by atoms with E-state index in [1.54, 1.807) is 0 Å². The zero-order chi connectivity index (χ0) is 27.3. The lowest BCUT2D eigenvalue weighted by atomic mass is 9.89. The molecule has 0 aliphatic heterocycles. The first-order valence-electron chi connectivity index (χ1n) is 10.6. The Kier molecular flexibility index (Phi) is 10.4. The van der Waals surface area contributed by atoms with Gasteiger partial charge in [-0.15, -0.1) is 0 Å². The number of ether oxygens (including phenoxy) is 3. The molecule has 35 heavy (non-hydrogen) atoms. The van der Waals surface area contributed by atoms with Gasteiger partial charge in [0.15, 0.2) is 0 Å². The second-order valence-corrected chi connectivity index (χ2v) is 9.97. The van der Waals surface area contributed by atoms with Crippen molar-refractivity contribution in [3.05, 3.63) is 0 Å². The fourth-order valence-electron chi connectivity index (χ4n) is 3.13. The Bertz CT molecular complexity index is 839. The normalized spacial score (nSPS) is 18.3. The molecule has 0 amide bonds. The molecule has 1 saturated carbocycles. The van der Waals surface area contributed by atoms with Crippen LogP contribution in [-0.2, 0) is 33.9 Å². The van der Waals surface area contributed by atoms with Crippen LogP contribution in [0.4, 0.5) is 30.7 Å². The van der Waals surface area contributed by atoms with Crippen LogP contribution < -0.4 is 0 Å². The van der Waals surface area contributed by atoms with Crippen LogP contribution in [0.25, 0.3) is 0 Å². The maximum Gasteiger partial charge on any atom is 0.468 e. The maximum absolute atomic E-state index is 14.0. The van der Waals surface area contributed by atoms with Crippen LogP contribution in [0.15, 0.2) is 0 Å². The van der Waals surface area contributed by atoms with Gasteiger partial charge in [0.25, 0.3) is 0 Å². The summed E-state index contributed by atoms with van der Waals surface area (Å²) < 4.78 is 139. The van der Waals surface area contributed by atoms with Crippen LogP contribution in [0.5, 0.6) is 0 Å². The highest BCUT2D eigenvalue weighted by molar-refractivity contribution is 7.87. The van der Waals surface area contributed by atoms with Crippen LogP contribution in [0.3, 0.4) is 0 Å². The molecular formula is C19H27F7O8S. The third-order valence-electron chi connectivity index (χ3n) is 5.06. The Balaban J connectivity index is 3.13. The van der Waals surface area contributed by atoms with Gasteiger partial charge in [-0.2, -0.15) is 39.2 Å². The van der Waals surface area contributed by atoms with Gasteiger partial charge in [0.1, 0.15) is 0 Å². The highest BCUT2D eigenvalue weighted by atomic mass is 32.2. The topological polar surface area (TPSA) is 116 Å². The molecule has 1 atom stereocenters. The van der Waals surface area contributed by atoms with Gasteiger partial charge in [-0.05, 0) is 25.2 Å². The van der Waals surface area contributed by atoms with Gasteiger partial charge >= 0.3 is 45.2 Å². The summed E-state index contributed by atoms with van der Waals surface area (Å²) >= 11 is 0. The Morgan fingerprint density at radius 2 is 1.54 bits per heavy atom.